The fourth-order valence-corrected chi connectivity index (χ4v) is 3.58. The van der Waals surface area contributed by atoms with Gasteiger partial charge in [0.1, 0.15) is 11.5 Å². The highest BCUT2D eigenvalue weighted by atomic mass is 32.1. The number of amides is 1. The van der Waals surface area contributed by atoms with E-state index in [0.717, 1.165) is 42.7 Å². The third-order valence-corrected chi connectivity index (χ3v) is 4.72. The molecular weight excluding hydrogens is 296 g/mol. The Kier molecular flexibility index (Phi) is 3.38. The van der Waals surface area contributed by atoms with E-state index in [0.29, 0.717) is 5.69 Å². The molecule has 3 aromatic rings. The molecule has 4 rings (SSSR count). The largest absolute Gasteiger partial charge is 0.340 e. The fourth-order valence-electron chi connectivity index (χ4n) is 3.05. The first kappa shape index (κ1) is 13.5. The van der Waals surface area contributed by atoms with Crippen molar-refractivity contribution in [2.45, 2.75) is 25.3 Å². The second-order valence-corrected chi connectivity index (χ2v) is 6.24. The number of rotatable bonds is 2. The molecule has 0 spiro atoms. The predicted molar refractivity (Wildman–Crippen MR) is 85.8 cm³/mol. The molecule has 112 valence electrons. The van der Waals surface area contributed by atoms with Crippen LogP contribution in [0, 0.1) is 0 Å². The van der Waals surface area contributed by atoms with Gasteiger partial charge in [-0.1, -0.05) is 12.1 Å². The number of H-pyrrole nitrogens is 1. The summed E-state index contributed by atoms with van der Waals surface area (Å²) >= 11 is 1.45. The van der Waals surface area contributed by atoms with Crippen LogP contribution in [-0.2, 0) is 0 Å². The average molecular weight is 312 g/mol. The number of thiazole rings is 1. The Labute approximate surface area is 132 Å². The maximum absolute atomic E-state index is 12.7. The van der Waals surface area contributed by atoms with Crippen LogP contribution in [0.15, 0.2) is 35.2 Å². The number of carbonyl (C=O) groups excluding carboxylic acids is 1. The van der Waals surface area contributed by atoms with E-state index in [4.69, 9.17) is 0 Å². The summed E-state index contributed by atoms with van der Waals surface area (Å²) in [5, 5.41) is 1.81. The normalized spacial score (nSPS) is 18.7. The lowest BCUT2D eigenvalue weighted by molar-refractivity contribution is 0.0596. The standard InChI is InChI=1S/C16H16N4OS/c21-16(13-9-22-10-17-13)20-8-4-3-7-14(20)15-18-11-5-1-2-6-12(11)19-15/h1-2,5-6,9-10,14H,3-4,7-8H2,(H,18,19)/t14-/m1/s1. The molecule has 22 heavy (non-hydrogen) atoms. The Morgan fingerprint density at radius 2 is 2.23 bits per heavy atom. The van der Waals surface area contributed by atoms with Crippen LogP contribution in [0.3, 0.4) is 0 Å². The third-order valence-electron chi connectivity index (χ3n) is 4.14. The van der Waals surface area contributed by atoms with Gasteiger partial charge in [-0.05, 0) is 31.4 Å². The number of fused-ring (bicyclic) bond motifs is 1. The number of benzene rings is 1. The molecule has 3 heterocycles. The second kappa shape index (κ2) is 5.53. The number of carbonyl (C=O) groups is 1. The van der Waals surface area contributed by atoms with Crippen molar-refractivity contribution >= 4 is 28.3 Å². The van der Waals surface area contributed by atoms with Crippen molar-refractivity contribution in [2.75, 3.05) is 6.54 Å². The SMILES string of the molecule is O=C(c1cscn1)N1CCCC[C@@H]1c1nc2ccccc2[nH]1. The van der Waals surface area contributed by atoms with Crippen LogP contribution in [0.4, 0.5) is 0 Å². The lowest BCUT2D eigenvalue weighted by atomic mass is 10.0. The molecule has 0 aliphatic carbocycles. The van der Waals surface area contributed by atoms with Crippen molar-refractivity contribution in [3.8, 4) is 0 Å². The minimum atomic E-state index is 0.00593. The Morgan fingerprint density at radius 3 is 3.05 bits per heavy atom. The average Bonchev–Trinajstić information content (AvgIpc) is 3.23. The quantitative estimate of drug-likeness (QED) is 0.789. The topological polar surface area (TPSA) is 61.9 Å². The van der Waals surface area contributed by atoms with Crippen molar-refractivity contribution < 1.29 is 4.79 Å². The molecule has 1 aliphatic rings. The van der Waals surface area contributed by atoms with Gasteiger partial charge < -0.3 is 9.88 Å². The highest BCUT2D eigenvalue weighted by molar-refractivity contribution is 7.07. The number of aromatic nitrogens is 3. The zero-order chi connectivity index (χ0) is 14.9. The van der Waals surface area contributed by atoms with Gasteiger partial charge in [0.2, 0.25) is 0 Å². The van der Waals surface area contributed by atoms with Gasteiger partial charge >= 0.3 is 0 Å². The lowest BCUT2D eigenvalue weighted by Gasteiger charge is -2.34. The Bertz CT molecular complexity index is 762. The number of nitrogens with one attached hydrogen (secondary N) is 1. The van der Waals surface area contributed by atoms with Crippen molar-refractivity contribution in [1.82, 2.24) is 19.9 Å². The molecule has 0 unspecified atom stereocenters. The predicted octanol–water partition coefficient (Wildman–Crippen LogP) is 3.39. The van der Waals surface area contributed by atoms with E-state index in [1.54, 1.807) is 5.51 Å². The summed E-state index contributed by atoms with van der Waals surface area (Å²) in [5.74, 6) is 0.885. The van der Waals surface area contributed by atoms with Crippen molar-refractivity contribution in [1.29, 1.82) is 0 Å². The third kappa shape index (κ3) is 2.29. The monoisotopic (exact) mass is 312 g/mol. The van der Waals surface area contributed by atoms with E-state index in [1.807, 2.05) is 34.5 Å². The van der Waals surface area contributed by atoms with Gasteiger partial charge in [-0.15, -0.1) is 11.3 Å². The molecule has 1 amide bonds. The molecule has 0 saturated carbocycles. The minimum Gasteiger partial charge on any atom is -0.340 e. The molecule has 1 fully saturated rings. The minimum absolute atomic E-state index is 0.00593. The number of aromatic amines is 1. The smallest absolute Gasteiger partial charge is 0.273 e. The molecule has 1 aliphatic heterocycles. The summed E-state index contributed by atoms with van der Waals surface area (Å²) in [6.07, 6.45) is 3.09. The van der Waals surface area contributed by atoms with Gasteiger partial charge in [0.15, 0.2) is 0 Å². The van der Waals surface area contributed by atoms with Crippen LogP contribution in [0.5, 0.6) is 0 Å². The van der Waals surface area contributed by atoms with Gasteiger partial charge in [0, 0.05) is 11.9 Å². The molecule has 0 bridgehead atoms. The first-order valence-electron chi connectivity index (χ1n) is 7.47. The van der Waals surface area contributed by atoms with E-state index in [1.165, 1.54) is 11.3 Å². The number of hydrogen-bond donors (Lipinski definition) is 1. The Balaban J connectivity index is 1.69. The first-order valence-corrected chi connectivity index (χ1v) is 8.41. The molecule has 2 aromatic heterocycles. The first-order chi connectivity index (χ1) is 10.8. The number of piperidine rings is 1. The van der Waals surface area contributed by atoms with E-state index >= 15 is 0 Å². The Hall–Kier alpha value is -2.21. The van der Waals surface area contributed by atoms with Crippen molar-refractivity contribution in [2.24, 2.45) is 0 Å². The molecule has 6 heteroatoms. The van der Waals surface area contributed by atoms with Crippen LogP contribution < -0.4 is 0 Å². The van der Waals surface area contributed by atoms with Gasteiger partial charge in [0.25, 0.3) is 5.91 Å². The molecular formula is C16H16N4OS. The van der Waals surface area contributed by atoms with Crippen LogP contribution in [-0.4, -0.2) is 32.3 Å². The fraction of sp³-hybridized carbons (Fsp3) is 0.312. The van der Waals surface area contributed by atoms with E-state index < -0.39 is 0 Å². The highest BCUT2D eigenvalue weighted by Crippen LogP contribution is 2.31. The number of imidazole rings is 1. The molecule has 1 aromatic carbocycles. The summed E-state index contributed by atoms with van der Waals surface area (Å²) < 4.78 is 0. The molecule has 1 N–H and O–H groups in total. The number of nitrogens with zero attached hydrogens (tertiary/aromatic N) is 3. The summed E-state index contributed by atoms with van der Waals surface area (Å²) in [7, 11) is 0. The summed E-state index contributed by atoms with van der Waals surface area (Å²) in [4.78, 5) is 26.8. The maximum Gasteiger partial charge on any atom is 0.273 e. The Morgan fingerprint density at radius 1 is 1.32 bits per heavy atom. The maximum atomic E-state index is 12.7. The van der Waals surface area contributed by atoms with Gasteiger partial charge in [0.05, 0.1) is 22.6 Å². The van der Waals surface area contributed by atoms with Gasteiger partial charge in [-0.25, -0.2) is 9.97 Å². The molecule has 1 atom stereocenters. The van der Waals surface area contributed by atoms with Crippen molar-refractivity contribution in [3.05, 3.63) is 46.7 Å². The molecule has 1 saturated heterocycles. The van der Waals surface area contributed by atoms with Crippen LogP contribution >= 0.6 is 11.3 Å². The molecule has 0 radical (unpaired) electrons. The van der Waals surface area contributed by atoms with Crippen LogP contribution in [0.25, 0.3) is 11.0 Å². The number of likely N-dealkylation sites (tertiary alicyclic amines) is 1. The number of hydrogen-bond acceptors (Lipinski definition) is 4. The summed E-state index contributed by atoms with van der Waals surface area (Å²) in [6, 6.07) is 7.98. The van der Waals surface area contributed by atoms with Crippen LogP contribution in [0.1, 0.15) is 41.6 Å². The number of para-hydroxylation sites is 2. The summed E-state index contributed by atoms with van der Waals surface area (Å²) in [6.45, 7) is 0.762. The second-order valence-electron chi connectivity index (χ2n) is 5.52. The molecule has 5 nitrogen and oxygen atoms in total. The van der Waals surface area contributed by atoms with Gasteiger partial charge in [-0.2, -0.15) is 0 Å². The van der Waals surface area contributed by atoms with Crippen LogP contribution in [0.2, 0.25) is 0 Å². The lowest BCUT2D eigenvalue weighted by Crippen LogP contribution is -2.39. The van der Waals surface area contributed by atoms with Gasteiger partial charge in [-0.3, -0.25) is 4.79 Å². The van der Waals surface area contributed by atoms with E-state index in [-0.39, 0.29) is 11.9 Å². The summed E-state index contributed by atoms with van der Waals surface area (Å²) in [5.41, 5.74) is 4.20. The van der Waals surface area contributed by atoms with E-state index in [2.05, 4.69) is 15.0 Å². The van der Waals surface area contributed by atoms with E-state index in [9.17, 15) is 4.79 Å². The highest BCUT2D eigenvalue weighted by Gasteiger charge is 2.31. The zero-order valence-electron chi connectivity index (χ0n) is 12.0. The zero-order valence-corrected chi connectivity index (χ0v) is 12.8. The van der Waals surface area contributed by atoms with Crippen molar-refractivity contribution in [3.63, 3.8) is 0 Å².